The van der Waals surface area contributed by atoms with Crippen LogP contribution < -0.4 is 0 Å². The van der Waals surface area contributed by atoms with Crippen molar-refractivity contribution in [2.75, 3.05) is 5.75 Å². The molecule has 0 radical (unpaired) electrons. The molecule has 2 rings (SSSR count). The average molecular weight is 325 g/mol. The molecule has 0 amide bonds. The molecule has 1 heterocycles. The van der Waals surface area contributed by atoms with E-state index in [1.54, 1.807) is 18.0 Å². The molecule has 0 aliphatic carbocycles. The van der Waals surface area contributed by atoms with Crippen molar-refractivity contribution in [1.82, 2.24) is 9.55 Å². The van der Waals surface area contributed by atoms with Crippen LogP contribution in [-0.2, 0) is 18.3 Å². The van der Waals surface area contributed by atoms with Crippen LogP contribution in [0, 0.1) is 0 Å². The van der Waals surface area contributed by atoms with E-state index in [0.29, 0.717) is 12.2 Å². The first kappa shape index (κ1) is 13.4. The van der Waals surface area contributed by atoms with Gasteiger partial charge in [-0.15, -0.1) is 11.8 Å². The van der Waals surface area contributed by atoms with Crippen molar-refractivity contribution in [1.29, 1.82) is 0 Å². The molecule has 5 heteroatoms. The Balaban J connectivity index is 1.90. The van der Waals surface area contributed by atoms with Crippen LogP contribution in [0.1, 0.15) is 5.82 Å². The number of aryl methyl sites for hydroxylation is 1. The number of carbonyl (C=O) groups is 1. The Morgan fingerprint density at radius 2 is 2.22 bits per heavy atom. The number of rotatable bonds is 5. The summed E-state index contributed by atoms with van der Waals surface area (Å²) in [6, 6.07) is 7.91. The predicted octanol–water partition coefficient (Wildman–Crippen LogP) is 3.09. The SMILES string of the molecule is Cn1ccnc1CC(=O)CSc1ccccc1Br. The van der Waals surface area contributed by atoms with Crippen LogP contribution >= 0.6 is 27.7 Å². The number of hydrogen-bond donors (Lipinski definition) is 0. The second-order valence-electron chi connectivity index (χ2n) is 3.89. The van der Waals surface area contributed by atoms with Gasteiger partial charge in [-0.25, -0.2) is 4.98 Å². The van der Waals surface area contributed by atoms with Gasteiger partial charge in [-0.1, -0.05) is 12.1 Å². The number of imidazole rings is 1. The lowest BCUT2D eigenvalue weighted by Crippen LogP contribution is -2.09. The molecule has 0 atom stereocenters. The van der Waals surface area contributed by atoms with Gasteiger partial charge in [-0.3, -0.25) is 4.79 Å². The highest BCUT2D eigenvalue weighted by Crippen LogP contribution is 2.26. The minimum Gasteiger partial charge on any atom is -0.338 e. The van der Waals surface area contributed by atoms with E-state index in [9.17, 15) is 4.79 Å². The molecule has 2 aromatic rings. The van der Waals surface area contributed by atoms with Crippen molar-refractivity contribution in [3.63, 3.8) is 0 Å². The second-order valence-corrected chi connectivity index (χ2v) is 5.76. The van der Waals surface area contributed by atoms with Crippen LogP contribution in [0.25, 0.3) is 0 Å². The van der Waals surface area contributed by atoms with Gasteiger partial charge in [0.05, 0.1) is 12.2 Å². The quantitative estimate of drug-likeness (QED) is 0.793. The number of benzene rings is 1. The zero-order valence-electron chi connectivity index (χ0n) is 9.97. The fourth-order valence-electron chi connectivity index (χ4n) is 1.51. The Kier molecular flexibility index (Phi) is 4.60. The Morgan fingerprint density at radius 1 is 1.44 bits per heavy atom. The molecule has 1 aromatic carbocycles. The topological polar surface area (TPSA) is 34.9 Å². The van der Waals surface area contributed by atoms with Crippen LogP contribution in [0.5, 0.6) is 0 Å². The first-order valence-corrected chi connectivity index (χ1v) is 7.30. The summed E-state index contributed by atoms with van der Waals surface area (Å²) in [4.78, 5) is 17.1. The van der Waals surface area contributed by atoms with E-state index in [4.69, 9.17) is 0 Å². The molecule has 3 nitrogen and oxygen atoms in total. The molecule has 0 fully saturated rings. The van der Waals surface area contributed by atoms with Gasteiger partial charge in [0.2, 0.25) is 0 Å². The third-order valence-electron chi connectivity index (χ3n) is 2.50. The highest BCUT2D eigenvalue weighted by molar-refractivity contribution is 9.10. The summed E-state index contributed by atoms with van der Waals surface area (Å²) in [5.41, 5.74) is 0. The molecule has 0 saturated heterocycles. The zero-order valence-corrected chi connectivity index (χ0v) is 12.4. The third kappa shape index (κ3) is 3.46. The van der Waals surface area contributed by atoms with Crippen molar-refractivity contribution < 1.29 is 4.79 Å². The van der Waals surface area contributed by atoms with Crippen LogP contribution in [0.15, 0.2) is 46.0 Å². The standard InChI is InChI=1S/C13H13BrN2OS/c1-16-7-6-15-13(16)8-10(17)9-18-12-5-3-2-4-11(12)14/h2-7H,8-9H2,1H3. The summed E-state index contributed by atoms with van der Waals surface area (Å²) < 4.78 is 2.90. The van der Waals surface area contributed by atoms with Gasteiger partial charge in [-0.05, 0) is 28.1 Å². The summed E-state index contributed by atoms with van der Waals surface area (Å²) in [5, 5.41) is 0. The van der Waals surface area contributed by atoms with Gasteiger partial charge >= 0.3 is 0 Å². The van der Waals surface area contributed by atoms with E-state index in [0.717, 1.165) is 15.2 Å². The number of ketones is 1. The number of aromatic nitrogens is 2. The number of hydrogen-bond acceptors (Lipinski definition) is 3. The fraction of sp³-hybridized carbons (Fsp3) is 0.231. The lowest BCUT2D eigenvalue weighted by molar-refractivity contribution is -0.116. The Morgan fingerprint density at radius 3 is 2.89 bits per heavy atom. The summed E-state index contributed by atoms with van der Waals surface area (Å²) in [6.45, 7) is 0. The van der Waals surface area contributed by atoms with Crippen molar-refractivity contribution in [3.8, 4) is 0 Å². The summed E-state index contributed by atoms with van der Waals surface area (Å²) in [6.07, 6.45) is 3.95. The Labute approximate surface area is 119 Å². The van der Waals surface area contributed by atoms with E-state index < -0.39 is 0 Å². The van der Waals surface area contributed by atoms with Gasteiger partial charge in [-0.2, -0.15) is 0 Å². The van der Waals surface area contributed by atoms with Crippen LogP contribution in [0.2, 0.25) is 0 Å². The van der Waals surface area contributed by atoms with Crippen LogP contribution in [-0.4, -0.2) is 21.1 Å². The summed E-state index contributed by atoms with van der Waals surface area (Å²) in [7, 11) is 1.90. The average Bonchev–Trinajstić information content (AvgIpc) is 2.74. The smallest absolute Gasteiger partial charge is 0.150 e. The molecular weight excluding hydrogens is 312 g/mol. The molecule has 0 aliphatic heterocycles. The van der Waals surface area contributed by atoms with E-state index in [1.165, 1.54) is 0 Å². The van der Waals surface area contributed by atoms with E-state index >= 15 is 0 Å². The van der Waals surface area contributed by atoms with Crippen molar-refractivity contribution in [2.24, 2.45) is 7.05 Å². The zero-order chi connectivity index (χ0) is 13.0. The lowest BCUT2D eigenvalue weighted by Gasteiger charge is -2.04. The maximum Gasteiger partial charge on any atom is 0.150 e. The van der Waals surface area contributed by atoms with Gasteiger partial charge in [0.25, 0.3) is 0 Å². The first-order chi connectivity index (χ1) is 8.66. The number of halogens is 1. The summed E-state index contributed by atoms with van der Waals surface area (Å²) in [5.74, 6) is 1.47. The minimum atomic E-state index is 0.185. The normalized spacial score (nSPS) is 10.6. The minimum absolute atomic E-state index is 0.185. The van der Waals surface area contributed by atoms with E-state index in [2.05, 4.69) is 20.9 Å². The van der Waals surface area contributed by atoms with Gasteiger partial charge < -0.3 is 4.57 Å². The van der Waals surface area contributed by atoms with Crippen LogP contribution in [0.3, 0.4) is 0 Å². The predicted molar refractivity (Wildman–Crippen MR) is 76.8 cm³/mol. The molecule has 0 spiro atoms. The molecule has 1 aromatic heterocycles. The molecule has 0 N–H and O–H groups in total. The molecule has 94 valence electrons. The third-order valence-corrected chi connectivity index (χ3v) is 4.59. The van der Waals surface area contributed by atoms with Gasteiger partial charge in [0.15, 0.2) is 5.78 Å². The molecule has 0 saturated carbocycles. The van der Waals surface area contributed by atoms with Crippen molar-refractivity contribution in [2.45, 2.75) is 11.3 Å². The van der Waals surface area contributed by atoms with E-state index in [-0.39, 0.29) is 5.78 Å². The number of carbonyl (C=O) groups excluding carboxylic acids is 1. The molecule has 0 unspecified atom stereocenters. The Bertz CT molecular complexity index is 553. The molecule has 18 heavy (non-hydrogen) atoms. The highest BCUT2D eigenvalue weighted by atomic mass is 79.9. The number of thioether (sulfide) groups is 1. The van der Waals surface area contributed by atoms with Gasteiger partial charge in [0, 0.05) is 28.8 Å². The highest BCUT2D eigenvalue weighted by Gasteiger charge is 2.09. The molecule has 0 aliphatic rings. The summed E-state index contributed by atoms with van der Waals surface area (Å²) >= 11 is 5.02. The maximum absolute atomic E-state index is 11.9. The van der Waals surface area contributed by atoms with E-state index in [1.807, 2.05) is 42.1 Å². The van der Waals surface area contributed by atoms with Crippen molar-refractivity contribution >= 4 is 33.5 Å². The maximum atomic E-state index is 11.9. The van der Waals surface area contributed by atoms with Crippen LogP contribution in [0.4, 0.5) is 0 Å². The largest absolute Gasteiger partial charge is 0.338 e. The fourth-order valence-corrected chi connectivity index (χ4v) is 2.94. The Hall–Kier alpha value is -1.07. The van der Waals surface area contributed by atoms with Crippen molar-refractivity contribution in [3.05, 3.63) is 47.0 Å². The van der Waals surface area contributed by atoms with Gasteiger partial charge in [0.1, 0.15) is 5.82 Å². The molecular formula is C13H13BrN2OS. The molecule has 0 bridgehead atoms. The lowest BCUT2D eigenvalue weighted by atomic mass is 10.3. The monoisotopic (exact) mass is 324 g/mol. The number of Topliss-reactive ketones (excluding diaryl/α,β-unsaturated/α-hetero) is 1. The first-order valence-electron chi connectivity index (χ1n) is 5.52. The second kappa shape index (κ2) is 6.20. The number of nitrogens with zero attached hydrogens (tertiary/aromatic N) is 2.